The SMILES string of the molecule is Cc1ccc(Br)cc1C(=O)N1CC[C@@H](N)C1. The molecule has 1 atom stereocenters. The van der Waals surface area contributed by atoms with Crippen LogP contribution in [0.4, 0.5) is 0 Å². The van der Waals surface area contributed by atoms with Gasteiger partial charge in [-0.2, -0.15) is 0 Å². The van der Waals surface area contributed by atoms with Crippen molar-refractivity contribution in [1.29, 1.82) is 0 Å². The van der Waals surface area contributed by atoms with E-state index >= 15 is 0 Å². The lowest BCUT2D eigenvalue weighted by atomic mass is 10.1. The molecular formula is C12H15BrN2O. The first-order chi connectivity index (χ1) is 7.58. The Balaban J connectivity index is 2.23. The standard InChI is InChI=1S/C12H15BrN2O/c1-8-2-3-9(13)6-11(8)12(16)15-5-4-10(14)7-15/h2-3,6,10H,4-5,7,14H2,1H3/t10-/m1/s1. The molecule has 1 aromatic carbocycles. The van der Waals surface area contributed by atoms with E-state index in [4.69, 9.17) is 5.73 Å². The Morgan fingerprint density at radius 2 is 2.31 bits per heavy atom. The van der Waals surface area contributed by atoms with E-state index in [1.165, 1.54) is 0 Å². The summed E-state index contributed by atoms with van der Waals surface area (Å²) in [6, 6.07) is 5.91. The van der Waals surface area contributed by atoms with Gasteiger partial charge in [0.05, 0.1) is 0 Å². The zero-order valence-corrected chi connectivity index (χ0v) is 10.8. The summed E-state index contributed by atoms with van der Waals surface area (Å²) in [6.45, 7) is 3.40. The molecule has 86 valence electrons. The second kappa shape index (κ2) is 4.55. The van der Waals surface area contributed by atoms with Crippen molar-refractivity contribution in [2.45, 2.75) is 19.4 Å². The minimum atomic E-state index is 0.0896. The van der Waals surface area contributed by atoms with E-state index < -0.39 is 0 Å². The molecule has 0 spiro atoms. The molecule has 0 aliphatic carbocycles. The van der Waals surface area contributed by atoms with Gasteiger partial charge in [-0.15, -0.1) is 0 Å². The van der Waals surface area contributed by atoms with Crippen LogP contribution in [-0.4, -0.2) is 29.9 Å². The topological polar surface area (TPSA) is 46.3 Å². The van der Waals surface area contributed by atoms with Crippen molar-refractivity contribution in [2.24, 2.45) is 5.73 Å². The van der Waals surface area contributed by atoms with Crippen LogP contribution in [0.5, 0.6) is 0 Å². The summed E-state index contributed by atoms with van der Waals surface area (Å²) in [5.74, 6) is 0.0896. The van der Waals surface area contributed by atoms with Crippen LogP contribution in [-0.2, 0) is 0 Å². The number of amides is 1. The van der Waals surface area contributed by atoms with Crippen LogP contribution in [0.3, 0.4) is 0 Å². The second-order valence-electron chi connectivity index (χ2n) is 4.26. The van der Waals surface area contributed by atoms with Gasteiger partial charge in [0.2, 0.25) is 0 Å². The Bertz CT molecular complexity index is 419. The first-order valence-electron chi connectivity index (χ1n) is 5.39. The number of nitrogens with zero attached hydrogens (tertiary/aromatic N) is 1. The van der Waals surface area contributed by atoms with E-state index in [0.29, 0.717) is 6.54 Å². The van der Waals surface area contributed by atoms with Gasteiger partial charge in [0.1, 0.15) is 0 Å². The number of likely N-dealkylation sites (tertiary alicyclic amines) is 1. The monoisotopic (exact) mass is 282 g/mol. The van der Waals surface area contributed by atoms with Gasteiger partial charge in [-0.3, -0.25) is 4.79 Å². The number of nitrogens with two attached hydrogens (primary N) is 1. The Kier molecular flexibility index (Phi) is 3.30. The third-order valence-corrected chi connectivity index (χ3v) is 3.44. The van der Waals surface area contributed by atoms with E-state index in [2.05, 4.69) is 15.9 Å². The third-order valence-electron chi connectivity index (χ3n) is 2.94. The van der Waals surface area contributed by atoms with Crippen LogP contribution in [0.25, 0.3) is 0 Å². The predicted octanol–water partition coefficient (Wildman–Crippen LogP) is 1.93. The average molecular weight is 283 g/mol. The van der Waals surface area contributed by atoms with Crippen molar-refractivity contribution >= 4 is 21.8 Å². The molecule has 16 heavy (non-hydrogen) atoms. The van der Waals surface area contributed by atoms with Crippen molar-refractivity contribution in [1.82, 2.24) is 4.90 Å². The lowest BCUT2D eigenvalue weighted by Crippen LogP contribution is -2.32. The molecule has 3 nitrogen and oxygen atoms in total. The summed E-state index contributed by atoms with van der Waals surface area (Å²) in [7, 11) is 0. The molecule has 1 amide bonds. The lowest BCUT2D eigenvalue weighted by Gasteiger charge is -2.17. The molecule has 0 aromatic heterocycles. The van der Waals surface area contributed by atoms with Crippen LogP contribution >= 0.6 is 15.9 Å². The number of hydrogen-bond donors (Lipinski definition) is 1. The number of halogens is 1. The van der Waals surface area contributed by atoms with Gasteiger partial charge in [0.15, 0.2) is 0 Å². The molecular weight excluding hydrogens is 268 g/mol. The van der Waals surface area contributed by atoms with Crippen molar-refractivity contribution in [3.63, 3.8) is 0 Å². The van der Waals surface area contributed by atoms with Gasteiger partial charge in [-0.25, -0.2) is 0 Å². The molecule has 1 heterocycles. The molecule has 0 saturated carbocycles. The lowest BCUT2D eigenvalue weighted by molar-refractivity contribution is 0.0790. The van der Waals surface area contributed by atoms with Crippen molar-refractivity contribution in [2.75, 3.05) is 13.1 Å². The Labute approximate surface area is 104 Å². The van der Waals surface area contributed by atoms with Crippen LogP contribution < -0.4 is 5.73 Å². The van der Waals surface area contributed by atoms with E-state index in [1.807, 2.05) is 30.0 Å². The summed E-state index contributed by atoms with van der Waals surface area (Å²) in [6.07, 6.45) is 0.902. The minimum Gasteiger partial charge on any atom is -0.337 e. The smallest absolute Gasteiger partial charge is 0.254 e. The zero-order chi connectivity index (χ0) is 11.7. The van der Waals surface area contributed by atoms with Gasteiger partial charge in [0.25, 0.3) is 5.91 Å². The first kappa shape index (κ1) is 11.6. The largest absolute Gasteiger partial charge is 0.337 e. The van der Waals surface area contributed by atoms with Gasteiger partial charge >= 0.3 is 0 Å². The van der Waals surface area contributed by atoms with E-state index in [-0.39, 0.29) is 11.9 Å². The minimum absolute atomic E-state index is 0.0896. The van der Waals surface area contributed by atoms with Gasteiger partial charge < -0.3 is 10.6 Å². The summed E-state index contributed by atoms with van der Waals surface area (Å²) in [5.41, 5.74) is 7.58. The van der Waals surface area contributed by atoms with E-state index in [1.54, 1.807) is 0 Å². The highest BCUT2D eigenvalue weighted by Gasteiger charge is 2.25. The fraction of sp³-hybridized carbons (Fsp3) is 0.417. The van der Waals surface area contributed by atoms with Crippen LogP contribution in [0.1, 0.15) is 22.3 Å². The van der Waals surface area contributed by atoms with Crippen LogP contribution in [0.2, 0.25) is 0 Å². The fourth-order valence-corrected chi connectivity index (χ4v) is 2.33. The molecule has 2 rings (SSSR count). The van der Waals surface area contributed by atoms with Crippen molar-refractivity contribution in [3.05, 3.63) is 33.8 Å². The average Bonchev–Trinajstić information content (AvgIpc) is 2.67. The normalized spacial score (nSPS) is 20.2. The molecule has 1 aliphatic rings. The summed E-state index contributed by atoms with van der Waals surface area (Å²) in [4.78, 5) is 14.0. The highest BCUT2D eigenvalue weighted by atomic mass is 79.9. The number of hydrogen-bond acceptors (Lipinski definition) is 2. The number of aryl methyl sites for hydroxylation is 1. The van der Waals surface area contributed by atoms with Gasteiger partial charge in [-0.05, 0) is 31.0 Å². The molecule has 2 N–H and O–H groups in total. The van der Waals surface area contributed by atoms with E-state index in [0.717, 1.165) is 28.6 Å². The third kappa shape index (κ3) is 2.28. The Morgan fingerprint density at radius 3 is 2.94 bits per heavy atom. The molecule has 0 radical (unpaired) electrons. The summed E-state index contributed by atoms with van der Waals surface area (Å²) >= 11 is 3.39. The van der Waals surface area contributed by atoms with Crippen molar-refractivity contribution < 1.29 is 4.79 Å². The highest BCUT2D eigenvalue weighted by Crippen LogP contribution is 2.19. The fourth-order valence-electron chi connectivity index (χ4n) is 1.97. The molecule has 1 saturated heterocycles. The van der Waals surface area contributed by atoms with Gasteiger partial charge in [0, 0.05) is 29.2 Å². The molecule has 1 aliphatic heterocycles. The van der Waals surface area contributed by atoms with Crippen LogP contribution in [0, 0.1) is 6.92 Å². The summed E-state index contributed by atoms with van der Waals surface area (Å²) in [5, 5.41) is 0. The number of carbonyl (C=O) groups is 1. The molecule has 4 heteroatoms. The molecule has 0 unspecified atom stereocenters. The highest BCUT2D eigenvalue weighted by molar-refractivity contribution is 9.10. The van der Waals surface area contributed by atoms with E-state index in [9.17, 15) is 4.79 Å². The maximum Gasteiger partial charge on any atom is 0.254 e. The Morgan fingerprint density at radius 1 is 1.56 bits per heavy atom. The number of rotatable bonds is 1. The van der Waals surface area contributed by atoms with Crippen LogP contribution in [0.15, 0.2) is 22.7 Å². The maximum atomic E-state index is 12.2. The Hall–Kier alpha value is -0.870. The quantitative estimate of drug-likeness (QED) is 0.856. The van der Waals surface area contributed by atoms with Gasteiger partial charge in [-0.1, -0.05) is 22.0 Å². The maximum absolute atomic E-state index is 12.2. The molecule has 0 bridgehead atoms. The number of carbonyl (C=O) groups excluding carboxylic acids is 1. The predicted molar refractivity (Wildman–Crippen MR) is 67.4 cm³/mol. The molecule has 1 fully saturated rings. The molecule has 1 aromatic rings. The number of benzene rings is 1. The second-order valence-corrected chi connectivity index (χ2v) is 5.17. The van der Waals surface area contributed by atoms with Crippen molar-refractivity contribution in [3.8, 4) is 0 Å². The summed E-state index contributed by atoms with van der Waals surface area (Å²) < 4.78 is 0.935. The zero-order valence-electron chi connectivity index (χ0n) is 9.24. The first-order valence-corrected chi connectivity index (χ1v) is 6.18.